The number of phenolic OH excluding ortho intramolecular Hbond substituents is 1. The highest BCUT2D eigenvalue weighted by molar-refractivity contribution is 7.00. The van der Waals surface area contributed by atoms with Crippen molar-refractivity contribution in [3.63, 3.8) is 0 Å². The van der Waals surface area contributed by atoms with Gasteiger partial charge in [-0.1, -0.05) is 17.7 Å². The molecule has 0 spiro atoms. The molecule has 1 aromatic heterocycles. The van der Waals surface area contributed by atoms with Gasteiger partial charge in [-0.3, -0.25) is 4.79 Å². The number of aromatic nitrogens is 2. The lowest BCUT2D eigenvalue weighted by Gasteiger charge is -2.07. The van der Waals surface area contributed by atoms with Gasteiger partial charge in [0.2, 0.25) is 0 Å². The van der Waals surface area contributed by atoms with Gasteiger partial charge in [0.05, 0.1) is 22.4 Å². The molecule has 3 rings (SSSR count). The van der Waals surface area contributed by atoms with E-state index in [9.17, 15) is 9.90 Å². The van der Waals surface area contributed by atoms with Gasteiger partial charge in [0.1, 0.15) is 16.8 Å². The highest BCUT2D eigenvalue weighted by atomic mass is 35.5. The Bertz CT molecular complexity index is 803. The number of halogens is 1. The normalized spacial score (nSPS) is 10.7. The van der Waals surface area contributed by atoms with Gasteiger partial charge in [0.15, 0.2) is 0 Å². The van der Waals surface area contributed by atoms with Crippen molar-refractivity contribution in [3.8, 4) is 5.75 Å². The number of hydrogen-bond acceptors (Lipinski definition) is 5. The van der Waals surface area contributed by atoms with Gasteiger partial charge >= 0.3 is 0 Å². The summed E-state index contributed by atoms with van der Waals surface area (Å²) in [6.07, 6.45) is 0. The monoisotopic (exact) mass is 305 g/mol. The molecule has 3 aromatic rings. The number of rotatable bonds is 2. The molecule has 2 aromatic carbocycles. The van der Waals surface area contributed by atoms with Crippen LogP contribution in [0.25, 0.3) is 11.0 Å². The van der Waals surface area contributed by atoms with E-state index in [1.807, 2.05) is 0 Å². The van der Waals surface area contributed by atoms with Crippen molar-refractivity contribution in [2.45, 2.75) is 0 Å². The van der Waals surface area contributed by atoms with Crippen LogP contribution in [0.3, 0.4) is 0 Å². The van der Waals surface area contributed by atoms with E-state index in [1.165, 1.54) is 12.1 Å². The fourth-order valence-electron chi connectivity index (χ4n) is 1.78. The van der Waals surface area contributed by atoms with Gasteiger partial charge in [-0.05, 0) is 30.3 Å². The summed E-state index contributed by atoms with van der Waals surface area (Å²) >= 11 is 7.15. The van der Waals surface area contributed by atoms with E-state index in [2.05, 4.69) is 14.1 Å². The van der Waals surface area contributed by atoms with E-state index in [0.717, 1.165) is 11.7 Å². The number of carbonyl (C=O) groups excluding carboxylic acids is 1. The first-order chi connectivity index (χ1) is 9.65. The van der Waals surface area contributed by atoms with Gasteiger partial charge in [-0.2, -0.15) is 8.75 Å². The molecule has 0 fully saturated rings. The lowest BCUT2D eigenvalue weighted by atomic mass is 10.2. The van der Waals surface area contributed by atoms with Crippen molar-refractivity contribution >= 4 is 46.0 Å². The van der Waals surface area contributed by atoms with Crippen LogP contribution in [0.15, 0.2) is 36.4 Å². The molecule has 0 radical (unpaired) electrons. The van der Waals surface area contributed by atoms with Crippen LogP contribution in [0.5, 0.6) is 5.75 Å². The molecule has 0 bridgehead atoms. The van der Waals surface area contributed by atoms with Crippen molar-refractivity contribution < 1.29 is 9.90 Å². The number of phenols is 1. The van der Waals surface area contributed by atoms with E-state index in [4.69, 9.17) is 11.6 Å². The summed E-state index contributed by atoms with van der Waals surface area (Å²) in [5.74, 6) is -0.347. The molecule has 0 saturated carbocycles. The lowest BCUT2D eigenvalue weighted by Crippen LogP contribution is -2.12. The standard InChI is InChI=1S/C13H8ClN3O2S/c14-9-4-5-10-12(17-20-16-10)11(9)15-13(19)7-2-1-3-8(18)6-7/h1-6,18H,(H,15,19). The van der Waals surface area contributed by atoms with E-state index in [1.54, 1.807) is 24.3 Å². The first kappa shape index (κ1) is 12.8. The number of fused-ring (bicyclic) bond motifs is 1. The Morgan fingerprint density at radius 3 is 2.90 bits per heavy atom. The van der Waals surface area contributed by atoms with Crippen molar-refractivity contribution in [2.24, 2.45) is 0 Å². The zero-order chi connectivity index (χ0) is 14.1. The third-order valence-electron chi connectivity index (χ3n) is 2.72. The maximum atomic E-state index is 12.2. The molecule has 20 heavy (non-hydrogen) atoms. The number of nitrogens with zero attached hydrogens (tertiary/aromatic N) is 2. The van der Waals surface area contributed by atoms with Gasteiger partial charge in [0, 0.05) is 5.56 Å². The first-order valence-electron chi connectivity index (χ1n) is 5.66. The van der Waals surface area contributed by atoms with Crippen molar-refractivity contribution in [3.05, 3.63) is 47.0 Å². The minimum atomic E-state index is -0.372. The summed E-state index contributed by atoms with van der Waals surface area (Å²) in [7, 11) is 0. The molecule has 5 nitrogen and oxygen atoms in total. The molecule has 1 heterocycles. The Labute approximate surface area is 123 Å². The maximum absolute atomic E-state index is 12.2. The summed E-state index contributed by atoms with van der Waals surface area (Å²) in [5.41, 5.74) is 1.98. The zero-order valence-corrected chi connectivity index (χ0v) is 11.6. The average molecular weight is 306 g/mol. The highest BCUT2D eigenvalue weighted by Crippen LogP contribution is 2.30. The molecule has 7 heteroatoms. The summed E-state index contributed by atoms with van der Waals surface area (Å²) in [5, 5.41) is 12.5. The highest BCUT2D eigenvalue weighted by Gasteiger charge is 2.14. The number of benzene rings is 2. The van der Waals surface area contributed by atoms with Crippen LogP contribution in [0.4, 0.5) is 5.69 Å². The van der Waals surface area contributed by atoms with Crippen LogP contribution < -0.4 is 5.32 Å². The van der Waals surface area contributed by atoms with Crippen LogP contribution in [0.1, 0.15) is 10.4 Å². The number of nitrogens with one attached hydrogen (secondary N) is 1. The second kappa shape index (κ2) is 5.07. The average Bonchev–Trinajstić information content (AvgIpc) is 2.90. The molecular formula is C13H8ClN3O2S. The second-order valence-corrected chi connectivity index (χ2v) is 4.99. The van der Waals surface area contributed by atoms with Crippen LogP contribution >= 0.6 is 23.3 Å². The summed E-state index contributed by atoms with van der Waals surface area (Å²) in [6, 6.07) is 9.46. The summed E-state index contributed by atoms with van der Waals surface area (Å²) < 4.78 is 8.22. The first-order valence-corrected chi connectivity index (χ1v) is 6.77. The molecule has 0 aliphatic carbocycles. The van der Waals surface area contributed by atoms with Gasteiger partial charge < -0.3 is 10.4 Å². The smallest absolute Gasteiger partial charge is 0.255 e. The van der Waals surface area contributed by atoms with Crippen LogP contribution in [0, 0.1) is 0 Å². The molecule has 0 aliphatic rings. The molecule has 1 amide bonds. The fraction of sp³-hybridized carbons (Fsp3) is 0. The Morgan fingerprint density at radius 1 is 1.25 bits per heavy atom. The molecule has 0 saturated heterocycles. The quantitative estimate of drug-likeness (QED) is 0.761. The van der Waals surface area contributed by atoms with Crippen LogP contribution in [-0.4, -0.2) is 19.8 Å². The topological polar surface area (TPSA) is 75.1 Å². The third kappa shape index (κ3) is 2.31. The zero-order valence-electron chi connectivity index (χ0n) is 10.0. The Balaban J connectivity index is 1.99. The summed E-state index contributed by atoms with van der Waals surface area (Å²) in [6.45, 7) is 0. The Kier molecular flexibility index (Phi) is 3.25. The summed E-state index contributed by atoms with van der Waals surface area (Å²) in [4.78, 5) is 12.2. The predicted octanol–water partition coefficient (Wildman–Crippen LogP) is 3.30. The van der Waals surface area contributed by atoms with Crippen LogP contribution in [0.2, 0.25) is 5.02 Å². The minimum absolute atomic E-state index is 0.0253. The van der Waals surface area contributed by atoms with Gasteiger partial charge in [-0.15, -0.1) is 0 Å². The Morgan fingerprint density at radius 2 is 2.10 bits per heavy atom. The van der Waals surface area contributed by atoms with E-state index in [-0.39, 0.29) is 11.7 Å². The second-order valence-electron chi connectivity index (χ2n) is 4.06. The molecule has 2 N–H and O–H groups in total. The number of hydrogen-bond donors (Lipinski definition) is 2. The van der Waals surface area contributed by atoms with E-state index in [0.29, 0.717) is 27.3 Å². The van der Waals surface area contributed by atoms with Crippen LogP contribution in [-0.2, 0) is 0 Å². The number of amides is 1. The number of carbonyl (C=O) groups is 1. The van der Waals surface area contributed by atoms with E-state index < -0.39 is 0 Å². The largest absolute Gasteiger partial charge is 0.508 e. The van der Waals surface area contributed by atoms with Gasteiger partial charge in [-0.25, -0.2) is 0 Å². The van der Waals surface area contributed by atoms with Gasteiger partial charge in [0.25, 0.3) is 5.91 Å². The molecule has 0 aliphatic heterocycles. The molecule has 0 unspecified atom stereocenters. The lowest BCUT2D eigenvalue weighted by molar-refractivity contribution is 0.102. The maximum Gasteiger partial charge on any atom is 0.255 e. The molecule has 100 valence electrons. The number of anilines is 1. The van der Waals surface area contributed by atoms with Crippen molar-refractivity contribution in [1.82, 2.24) is 8.75 Å². The number of aromatic hydroxyl groups is 1. The Hall–Kier alpha value is -2.18. The van der Waals surface area contributed by atoms with Crippen molar-refractivity contribution in [2.75, 3.05) is 5.32 Å². The SMILES string of the molecule is O=C(Nc1c(Cl)ccc2nsnc12)c1cccc(O)c1. The van der Waals surface area contributed by atoms with E-state index >= 15 is 0 Å². The fourth-order valence-corrected chi connectivity index (χ4v) is 2.52. The molecule has 0 atom stereocenters. The molecular weight excluding hydrogens is 298 g/mol. The predicted molar refractivity (Wildman–Crippen MR) is 78.5 cm³/mol. The van der Waals surface area contributed by atoms with Crippen molar-refractivity contribution in [1.29, 1.82) is 0 Å². The minimum Gasteiger partial charge on any atom is -0.508 e. The third-order valence-corrected chi connectivity index (χ3v) is 3.58.